The molecule has 18 heavy (non-hydrogen) atoms. The number of hydrogen-bond donors (Lipinski definition) is 1. The zero-order valence-corrected chi connectivity index (χ0v) is 11.7. The van der Waals surface area contributed by atoms with Gasteiger partial charge in [-0.15, -0.1) is 0 Å². The van der Waals surface area contributed by atoms with Gasteiger partial charge in [-0.3, -0.25) is 0 Å². The molecule has 1 fully saturated rings. The molecule has 0 aromatic heterocycles. The van der Waals surface area contributed by atoms with Crippen molar-refractivity contribution >= 4 is 0 Å². The van der Waals surface area contributed by atoms with Crippen molar-refractivity contribution in [1.82, 2.24) is 5.32 Å². The van der Waals surface area contributed by atoms with Crippen LogP contribution in [0.25, 0.3) is 0 Å². The molecule has 98 valence electrons. The largest absolute Gasteiger partial charge is 0.313 e. The van der Waals surface area contributed by atoms with Gasteiger partial charge in [0.2, 0.25) is 0 Å². The van der Waals surface area contributed by atoms with Gasteiger partial charge in [0.25, 0.3) is 0 Å². The summed E-state index contributed by atoms with van der Waals surface area (Å²) in [7, 11) is 0. The molecule has 0 aliphatic heterocycles. The van der Waals surface area contributed by atoms with Crippen molar-refractivity contribution in [3.05, 3.63) is 35.4 Å². The third-order valence-corrected chi connectivity index (χ3v) is 4.95. The Morgan fingerprint density at radius 3 is 2.61 bits per heavy atom. The second kappa shape index (κ2) is 4.70. The predicted molar refractivity (Wildman–Crippen MR) is 76.9 cm³/mol. The van der Waals surface area contributed by atoms with Gasteiger partial charge < -0.3 is 5.32 Å². The third kappa shape index (κ3) is 2.47. The second-order valence-corrected chi connectivity index (χ2v) is 6.95. The van der Waals surface area contributed by atoms with E-state index in [1.165, 1.54) is 38.6 Å². The summed E-state index contributed by atoms with van der Waals surface area (Å²) in [6, 6.07) is 9.68. The van der Waals surface area contributed by atoms with Crippen molar-refractivity contribution in [2.45, 2.75) is 57.9 Å². The smallest absolute Gasteiger partial charge is 0.00677 e. The molecule has 0 saturated heterocycles. The fourth-order valence-corrected chi connectivity index (χ4v) is 3.46. The first-order valence-corrected chi connectivity index (χ1v) is 7.45. The Bertz CT molecular complexity index is 411. The van der Waals surface area contributed by atoms with Gasteiger partial charge in [0.1, 0.15) is 0 Å². The highest BCUT2D eigenvalue weighted by Crippen LogP contribution is 2.37. The maximum absolute atomic E-state index is 3.80. The number of benzene rings is 1. The Balaban J connectivity index is 1.47. The van der Waals surface area contributed by atoms with Crippen LogP contribution in [0.15, 0.2) is 24.3 Å². The van der Waals surface area contributed by atoms with E-state index in [1.807, 2.05) is 0 Å². The molecule has 0 radical (unpaired) electrons. The first-order chi connectivity index (χ1) is 8.64. The first-order valence-electron chi connectivity index (χ1n) is 7.45. The molecule has 0 spiro atoms. The van der Waals surface area contributed by atoms with Crippen molar-refractivity contribution in [2.75, 3.05) is 6.54 Å². The molecule has 1 atom stereocenters. The molecular formula is C17H25N. The van der Waals surface area contributed by atoms with E-state index >= 15 is 0 Å². The summed E-state index contributed by atoms with van der Waals surface area (Å²) < 4.78 is 0. The van der Waals surface area contributed by atoms with Gasteiger partial charge in [0.15, 0.2) is 0 Å². The summed E-state index contributed by atoms with van der Waals surface area (Å²) in [5, 5.41) is 3.80. The average Bonchev–Trinajstić information content (AvgIpc) is 2.32. The molecule has 1 aromatic rings. The maximum atomic E-state index is 3.80. The van der Waals surface area contributed by atoms with E-state index in [0.29, 0.717) is 5.41 Å². The zero-order chi connectivity index (χ0) is 12.6. The van der Waals surface area contributed by atoms with Crippen LogP contribution >= 0.6 is 0 Å². The number of fused-ring (bicyclic) bond motifs is 1. The summed E-state index contributed by atoms with van der Waals surface area (Å²) >= 11 is 0. The molecule has 1 nitrogen and oxygen atoms in total. The monoisotopic (exact) mass is 243 g/mol. The minimum Gasteiger partial charge on any atom is -0.313 e. The predicted octanol–water partition coefficient (Wildman–Crippen LogP) is 3.88. The van der Waals surface area contributed by atoms with Gasteiger partial charge in [-0.2, -0.15) is 0 Å². The third-order valence-electron chi connectivity index (χ3n) is 4.95. The summed E-state index contributed by atoms with van der Waals surface area (Å²) in [4.78, 5) is 0. The van der Waals surface area contributed by atoms with E-state index in [1.54, 1.807) is 11.1 Å². The molecule has 0 amide bonds. The van der Waals surface area contributed by atoms with Crippen LogP contribution in [0.4, 0.5) is 0 Å². The maximum Gasteiger partial charge on any atom is 0.00677 e. The molecule has 2 aliphatic carbocycles. The van der Waals surface area contributed by atoms with Crippen LogP contribution < -0.4 is 5.32 Å². The Morgan fingerprint density at radius 1 is 1.17 bits per heavy atom. The van der Waals surface area contributed by atoms with Crippen molar-refractivity contribution in [3.8, 4) is 0 Å². The van der Waals surface area contributed by atoms with Crippen LogP contribution in [0.1, 0.15) is 56.6 Å². The second-order valence-electron chi connectivity index (χ2n) is 6.95. The fraction of sp³-hybridized carbons (Fsp3) is 0.647. The normalized spacial score (nSPS) is 26.4. The van der Waals surface area contributed by atoms with E-state index in [-0.39, 0.29) is 0 Å². The standard InChI is InChI=1S/C17H25N/c1-17(2)9-7-15(8-10-17)18-12-14-11-13-5-3-4-6-16(13)14/h3-6,14-15,18H,7-12H2,1-2H3. The van der Waals surface area contributed by atoms with E-state index in [4.69, 9.17) is 0 Å². The van der Waals surface area contributed by atoms with Crippen LogP contribution in [0, 0.1) is 5.41 Å². The average molecular weight is 243 g/mol. The van der Waals surface area contributed by atoms with Crippen molar-refractivity contribution < 1.29 is 0 Å². The van der Waals surface area contributed by atoms with Crippen molar-refractivity contribution in [3.63, 3.8) is 0 Å². The van der Waals surface area contributed by atoms with Crippen LogP contribution in [0.2, 0.25) is 0 Å². The zero-order valence-electron chi connectivity index (χ0n) is 11.7. The minimum absolute atomic E-state index is 0.585. The Kier molecular flexibility index (Phi) is 3.19. The molecule has 3 rings (SSSR count). The van der Waals surface area contributed by atoms with E-state index < -0.39 is 0 Å². The minimum atomic E-state index is 0.585. The quantitative estimate of drug-likeness (QED) is 0.849. The van der Waals surface area contributed by atoms with Gasteiger partial charge in [0.05, 0.1) is 0 Å². The molecule has 1 N–H and O–H groups in total. The van der Waals surface area contributed by atoms with Crippen LogP contribution in [0.3, 0.4) is 0 Å². The van der Waals surface area contributed by atoms with Gasteiger partial charge in [-0.25, -0.2) is 0 Å². The molecule has 2 aliphatic rings. The fourth-order valence-electron chi connectivity index (χ4n) is 3.46. The van der Waals surface area contributed by atoms with Crippen LogP contribution in [0.5, 0.6) is 0 Å². The highest BCUT2D eigenvalue weighted by atomic mass is 14.9. The topological polar surface area (TPSA) is 12.0 Å². The van der Waals surface area contributed by atoms with Crippen LogP contribution in [-0.4, -0.2) is 12.6 Å². The van der Waals surface area contributed by atoms with Crippen LogP contribution in [-0.2, 0) is 6.42 Å². The molecule has 1 heteroatoms. The summed E-state index contributed by atoms with van der Waals surface area (Å²) in [5.74, 6) is 0.774. The number of rotatable bonds is 3. The molecule has 0 heterocycles. The van der Waals surface area contributed by atoms with Gasteiger partial charge >= 0.3 is 0 Å². The van der Waals surface area contributed by atoms with E-state index in [2.05, 4.69) is 43.4 Å². The highest BCUT2D eigenvalue weighted by molar-refractivity contribution is 5.40. The van der Waals surface area contributed by atoms with Gasteiger partial charge in [0, 0.05) is 18.5 Å². The van der Waals surface area contributed by atoms with Crippen molar-refractivity contribution in [2.24, 2.45) is 5.41 Å². The highest BCUT2D eigenvalue weighted by Gasteiger charge is 2.29. The van der Waals surface area contributed by atoms with Gasteiger partial charge in [-0.05, 0) is 48.6 Å². The Labute approximate surface area is 111 Å². The molecule has 1 unspecified atom stereocenters. The summed E-state index contributed by atoms with van der Waals surface area (Å²) in [6.45, 7) is 6.00. The lowest BCUT2D eigenvalue weighted by atomic mass is 9.74. The molecular weight excluding hydrogens is 218 g/mol. The Hall–Kier alpha value is -0.820. The summed E-state index contributed by atoms with van der Waals surface area (Å²) in [5.41, 5.74) is 3.73. The van der Waals surface area contributed by atoms with Crippen molar-refractivity contribution in [1.29, 1.82) is 0 Å². The number of nitrogens with one attached hydrogen (secondary N) is 1. The van der Waals surface area contributed by atoms with E-state index in [0.717, 1.165) is 12.0 Å². The summed E-state index contributed by atoms with van der Waals surface area (Å²) in [6.07, 6.45) is 6.77. The number of hydrogen-bond acceptors (Lipinski definition) is 1. The first kappa shape index (κ1) is 12.2. The lowest BCUT2D eigenvalue weighted by molar-refractivity contribution is 0.204. The van der Waals surface area contributed by atoms with Gasteiger partial charge in [-0.1, -0.05) is 38.1 Å². The van der Waals surface area contributed by atoms with E-state index in [9.17, 15) is 0 Å². The molecule has 0 bridgehead atoms. The lowest BCUT2D eigenvalue weighted by Crippen LogP contribution is -2.39. The lowest BCUT2D eigenvalue weighted by Gasteiger charge is -2.37. The Morgan fingerprint density at radius 2 is 1.89 bits per heavy atom. The molecule has 1 aromatic carbocycles. The molecule has 1 saturated carbocycles. The SMILES string of the molecule is CC1(C)CCC(NCC2Cc3ccccc32)CC1.